The summed E-state index contributed by atoms with van der Waals surface area (Å²) < 4.78 is 22.6. The van der Waals surface area contributed by atoms with Crippen LogP contribution in [0.5, 0.6) is 5.75 Å². The van der Waals surface area contributed by atoms with Crippen LogP contribution in [0, 0.1) is 12.7 Å². The van der Waals surface area contributed by atoms with Gasteiger partial charge in [-0.05, 0) is 66.6 Å². The van der Waals surface area contributed by atoms with E-state index in [9.17, 15) is 9.18 Å². The second kappa shape index (κ2) is 8.90. The number of hydrogen-bond donors (Lipinski definition) is 1. The van der Waals surface area contributed by atoms with Crippen molar-refractivity contribution in [2.75, 3.05) is 0 Å². The minimum atomic E-state index is -0.809. The van der Waals surface area contributed by atoms with Crippen LogP contribution in [0.2, 0.25) is 0 Å². The molecule has 3 aromatic rings. The molecular weight excluding hydrogens is 381 g/mol. The van der Waals surface area contributed by atoms with Gasteiger partial charge in [0.25, 0.3) is 0 Å². The summed E-state index contributed by atoms with van der Waals surface area (Å²) in [6.07, 6.45) is 7.80. The predicted molar refractivity (Wildman–Crippen MR) is 115 cm³/mol. The van der Waals surface area contributed by atoms with Crippen molar-refractivity contribution in [1.29, 1.82) is 0 Å². The van der Waals surface area contributed by atoms with Crippen molar-refractivity contribution < 1.29 is 19.0 Å². The molecule has 1 fully saturated rings. The van der Waals surface area contributed by atoms with E-state index in [0.717, 1.165) is 46.2 Å². The topological polar surface area (TPSA) is 51.5 Å². The van der Waals surface area contributed by atoms with Gasteiger partial charge in [0.15, 0.2) is 0 Å². The number of carboxylic acids is 1. The maximum atomic E-state index is 14.7. The smallest absolute Gasteiger partial charge is 0.305 e. The molecule has 1 aliphatic carbocycles. The van der Waals surface area contributed by atoms with E-state index in [-0.39, 0.29) is 12.2 Å². The molecule has 0 radical (unpaired) electrons. The minimum Gasteiger partial charge on any atom is -0.489 e. The van der Waals surface area contributed by atoms with Gasteiger partial charge in [-0.2, -0.15) is 0 Å². The molecule has 0 aliphatic heterocycles. The number of aryl methyl sites for hydroxylation is 2. The van der Waals surface area contributed by atoms with Crippen molar-refractivity contribution >= 4 is 16.9 Å². The number of aliphatic carboxylic acids is 1. The van der Waals surface area contributed by atoms with Gasteiger partial charge in [0.1, 0.15) is 18.2 Å². The molecule has 0 atom stereocenters. The predicted octanol–water partition coefficient (Wildman–Crippen LogP) is 6.19. The summed E-state index contributed by atoms with van der Waals surface area (Å²) in [4.78, 5) is 10.9. The molecule has 1 aliphatic rings. The van der Waals surface area contributed by atoms with E-state index in [0.29, 0.717) is 19.1 Å². The van der Waals surface area contributed by atoms with Crippen molar-refractivity contribution in [2.24, 2.45) is 0 Å². The summed E-state index contributed by atoms with van der Waals surface area (Å²) in [7, 11) is 0. The maximum Gasteiger partial charge on any atom is 0.305 e. The molecular formula is C25H28FNO3. The Bertz CT molecular complexity index is 1050. The first-order chi connectivity index (χ1) is 14.5. The van der Waals surface area contributed by atoms with Gasteiger partial charge in [-0.3, -0.25) is 4.79 Å². The van der Waals surface area contributed by atoms with Crippen LogP contribution in [0.1, 0.15) is 61.1 Å². The van der Waals surface area contributed by atoms with Crippen molar-refractivity contribution in [3.05, 3.63) is 65.1 Å². The van der Waals surface area contributed by atoms with E-state index in [4.69, 9.17) is 9.84 Å². The van der Waals surface area contributed by atoms with Crippen LogP contribution in [-0.4, -0.2) is 15.6 Å². The van der Waals surface area contributed by atoms with Crippen LogP contribution in [0.25, 0.3) is 10.9 Å². The maximum absolute atomic E-state index is 14.7. The van der Waals surface area contributed by atoms with Gasteiger partial charge in [-0.25, -0.2) is 4.39 Å². The third kappa shape index (κ3) is 4.50. The number of aromatic nitrogens is 1. The molecule has 1 aromatic heterocycles. The molecule has 0 amide bonds. The molecule has 0 unspecified atom stereocenters. The van der Waals surface area contributed by atoms with E-state index in [1.165, 1.54) is 19.3 Å². The molecule has 1 heterocycles. The summed E-state index contributed by atoms with van der Waals surface area (Å²) in [5, 5.41) is 9.94. The second-order valence-electron chi connectivity index (χ2n) is 8.31. The zero-order chi connectivity index (χ0) is 21.1. The lowest BCUT2D eigenvalue weighted by atomic mass is 9.83. The number of hydrogen-bond acceptors (Lipinski definition) is 2. The molecule has 1 saturated carbocycles. The normalized spacial score (nSPS) is 14.9. The number of carboxylic acid groups (broad SMARTS) is 1. The highest BCUT2D eigenvalue weighted by atomic mass is 19.1. The summed E-state index contributed by atoms with van der Waals surface area (Å²) >= 11 is 0. The van der Waals surface area contributed by atoms with Gasteiger partial charge in [0.05, 0.1) is 11.9 Å². The fraction of sp³-hybridized carbons (Fsp3) is 0.400. The number of fused-ring (bicyclic) bond motifs is 1. The lowest BCUT2D eigenvalue weighted by molar-refractivity contribution is -0.137. The number of nitrogens with zero attached hydrogens (tertiary/aromatic N) is 1. The summed E-state index contributed by atoms with van der Waals surface area (Å²) in [5.74, 6) is 0.151. The Morgan fingerprint density at radius 1 is 1.17 bits per heavy atom. The van der Waals surface area contributed by atoms with Crippen LogP contribution in [-0.2, 0) is 17.9 Å². The quantitative estimate of drug-likeness (QED) is 0.506. The van der Waals surface area contributed by atoms with Crippen LogP contribution in [0.15, 0.2) is 42.6 Å². The van der Waals surface area contributed by atoms with E-state index in [1.807, 2.05) is 48.0 Å². The SMILES string of the molecule is Cc1cc(OCc2ccc(C3CCCCC3)c(F)c2)cc2ccn(CCC(=O)O)c12. The molecule has 1 N–H and O–H groups in total. The molecule has 2 aromatic carbocycles. The summed E-state index contributed by atoms with van der Waals surface area (Å²) in [5.41, 5.74) is 3.71. The Labute approximate surface area is 176 Å². The molecule has 0 saturated heterocycles. The van der Waals surface area contributed by atoms with E-state index in [2.05, 4.69) is 0 Å². The first kappa shape index (κ1) is 20.5. The average molecular weight is 410 g/mol. The average Bonchev–Trinajstić information content (AvgIpc) is 3.15. The van der Waals surface area contributed by atoms with E-state index in [1.54, 1.807) is 6.07 Å². The molecule has 30 heavy (non-hydrogen) atoms. The summed E-state index contributed by atoms with van der Waals surface area (Å²) in [6.45, 7) is 2.74. The fourth-order valence-corrected chi connectivity index (χ4v) is 4.59. The highest BCUT2D eigenvalue weighted by molar-refractivity contribution is 5.85. The largest absolute Gasteiger partial charge is 0.489 e. The van der Waals surface area contributed by atoms with Gasteiger partial charge >= 0.3 is 5.97 Å². The number of carbonyl (C=O) groups is 1. The standard InChI is InChI=1S/C25H28FNO3/c1-17-13-21(15-20-9-11-27(25(17)20)12-10-24(28)29)30-16-18-7-8-22(23(26)14-18)19-5-3-2-4-6-19/h7-9,11,13-15,19H,2-6,10,12,16H2,1H3,(H,28,29). The molecule has 4 rings (SSSR count). The van der Waals surface area contributed by atoms with Crippen LogP contribution in [0.3, 0.4) is 0 Å². The molecule has 158 valence electrons. The number of rotatable bonds is 7. The van der Waals surface area contributed by atoms with Crippen LogP contribution < -0.4 is 4.74 Å². The zero-order valence-electron chi connectivity index (χ0n) is 17.4. The Morgan fingerprint density at radius 2 is 1.97 bits per heavy atom. The monoisotopic (exact) mass is 409 g/mol. The van der Waals surface area contributed by atoms with E-state index >= 15 is 0 Å². The van der Waals surface area contributed by atoms with Gasteiger partial charge in [-0.1, -0.05) is 31.4 Å². The highest BCUT2D eigenvalue weighted by Gasteiger charge is 2.19. The lowest BCUT2D eigenvalue weighted by Crippen LogP contribution is -2.07. The Morgan fingerprint density at radius 3 is 2.70 bits per heavy atom. The third-order valence-corrected chi connectivity index (χ3v) is 6.11. The van der Waals surface area contributed by atoms with Crippen LogP contribution in [0.4, 0.5) is 4.39 Å². The first-order valence-electron chi connectivity index (χ1n) is 10.7. The minimum absolute atomic E-state index is 0.0872. The van der Waals surface area contributed by atoms with Gasteiger partial charge in [0.2, 0.25) is 0 Å². The van der Waals surface area contributed by atoms with Gasteiger partial charge in [0, 0.05) is 18.1 Å². The summed E-state index contributed by atoms with van der Waals surface area (Å²) in [6, 6.07) is 11.4. The Kier molecular flexibility index (Phi) is 6.07. The van der Waals surface area contributed by atoms with Crippen LogP contribution >= 0.6 is 0 Å². The fourth-order valence-electron chi connectivity index (χ4n) is 4.59. The third-order valence-electron chi connectivity index (χ3n) is 6.11. The number of halogens is 1. The Balaban J connectivity index is 1.45. The lowest BCUT2D eigenvalue weighted by Gasteiger charge is -2.22. The molecule has 5 heteroatoms. The van der Waals surface area contributed by atoms with Crippen molar-refractivity contribution in [1.82, 2.24) is 4.57 Å². The number of benzene rings is 2. The van der Waals surface area contributed by atoms with Gasteiger partial charge < -0.3 is 14.4 Å². The molecule has 0 bridgehead atoms. The zero-order valence-corrected chi connectivity index (χ0v) is 17.4. The Hall–Kier alpha value is -2.82. The molecule has 0 spiro atoms. The van der Waals surface area contributed by atoms with E-state index < -0.39 is 5.97 Å². The molecule has 4 nitrogen and oxygen atoms in total. The number of ether oxygens (including phenoxy) is 1. The van der Waals surface area contributed by atoms with Crippen molar-refractivity contribution in [3.63, 3.8) is 0 Å². The highest BCUT2D eigenvalue weighted by Crippen LogP contribution is 2.34. The first-order valence-corrected chi connectivity index (χ1v) is 10.7. The van der Waals surface area contributed by atoms with Crippen molar-refractivity contribution in [2.45, 2.75) is 64.5 Å². The van der Waals surface area contributed by atoms with Gasteiger partial charge in [-0.15, -0.1) is 0 Å². The van der Waals surface area contributed by atoms with Crippen molar-refractivity contribution in [3.8, 4) is 5.75 Å². The second-order valence-corrected chi connectivity index (χ2v) is 8.31.